The lowest BCUT2D eigenvalue weighted by Crippen LogP contribution is -2.24. The molecule has 11 heteroatoms. The summed E-state index contributed by atoms with van der Waals surface area (Å²) in [7, 11) is -4.03. The highest BCUT2D eigenvalue weighted by Crippen LogP contribution is 2.37. The van der Waals surface area contributed by atoms with Crippen LogP contribution in [0.5, 0.6) is 0 Å². The van der Waals surface area contributed by atoms with Crippen LogP contribution in [-0.2, 0) is 20.9 Å². The molecule has 1 aliphatic rings. The molecule has 2 heterocycles. The standard InChI is InChI=1S/C22H28BrN5O4S/c1-14(5-6-15-3-2-4-17(23)9-15)27-21-19-7-8-28(22(19)26-13-25-21)18-10-16(20(29)11-18)12-32-33(24,30)31/h2-4,7-9,13-14,16,18,20,29H,5-6,10-12H2,1H3,(H2,24,30,31)(H,25,26,27)/t14-,16+,18-,20+/m1/s1. The zero-order valence-electron chi connectivity index (χ0n) is 18.3. The fourth-order valence-electron chi connectivity index (χ4n) is 4.42. The molecule has 4 atom stereocenters. The molecule has 2 aromatic heterocycles. The van der Waals surface area contributed by atoms with Crippen LogP contribution in [0, 0.1) is 5.92 Å². The van der Waals surface area contributed by atoms with Crippen LogP contribution in [0.15, 0.2) is 47.3 Å². The van der Waals surface area contributed by atoms with Crippen LogP contribution in [0.3, 0.4) is 0 Å². The molecule has 9 nitrogen and oxygen atoms in total. The first-order valence-corrected chi connectivity index (χ1v) is 13.1. The number of aliphatic hydroxyl groups is 1. The Hall–Kier alpha value is -2.05. The fourth-order valence-corrected chi connectivity index (χ4v) is 5.24. The molecule has 0 saturated heterocycles. The summed E-state index contributed by atoms with van der Waals surface area (Å²) >= 11 is 3.52. The summed E-state index contributed by atoms with van der Waals surface area (Å²) in [5.74, 6) is 0.455. The second-order valence-corrected chi connectivity index (χ2v) is 10.8. The van der Waals surface area contributed by atoms with Gasteiger partial charge in [0, 0.05) is 28.7 Å². The van der Waals surface area contributed by atoms with Crippen LogP contribution in [-0.4, -0.2) is 46.8 Å². The minimum absolute atomic E-state index is 0.0247. The van der Waals surface area contributed by atoms with E-state index in [0.29, 0.717) is 12.8 Å². The molecule has 178 valence electrons. The van der Waals surface area contributed by atoms with Crippen molar-refractivity contribution in [1.29, 1.82) is 0 Å². The fraction of sp³-hybridized carbons (Fsp3) is 0.455. The molecule has 4 rings (SSSR count). The second kappa shape index (κ2) is 10.1. The number of fused-ring (bicyclic) bond motifs is 1. The molecular formula is C22H28BrN5O4S. The SMILES string of the molecule is C[C@H](CCc1cccc(Br)c1)Nc1ncnc2c1ccn2[C@@H]1C[C@@H](COS(N)(=O)=O)[C@@H](O)C1. The van der Waals surface area contributed by atoms with Crippen LogP contribution in [0.4, 0.5) is 5.82 Å². The van der Waals surface area contributed by atoms with Gasteiger partial charge in [0.1, 0.15) is 17.8 Å². The largest absolute Gasteiger partial charge is 0.393 e. The Morgan fingerprint density at radius 1 is 1.33 bits per heavy atom. The zero-order valence-corrected chi connectivity index (χ0v) is 20.7. The first kappa shape index (κ1) is 24.1. The first-order valence-electron chi connectivity index (χ1n) is 10.9. The van der Waals surface area contributed by atoms with Crippen molar-refractivity contribution in [3.05, 3.63) is 52.9 Å². The summed E-state index contributed by atoms with van der Waals surface area (Å²) in [6, 6.07) is 10.5. The van der Waals surface area contributed by atoms with Gasteiger partial charge in [-0.1, -0.05) is 28.1 Å². The number of hydrogen-bond acceptors (Lipinski definition) is 7. The van der Waals surface area contributed by atoms with E-state index in [1.165, 1.54) is 11.9 Å². The molecular weight excluding hydrogens is 510 g/mol. The third-order valence-electron chi connectivity index (χ3n) is 6.12. The number of aromatic nitrogens is 3. The highest BCUT2D eigenvalue weighted by Gasteiger charge is 2.35. The number of hydrogen-bond donors (Lipinski definition) is 3. The van der Waals surface area contributed by atoms with E-state index >= 15 is 0 Å². The number of nitrogens with zero attached hydrogens (tertiary/aromatic N) is 3. The molecule has 0 aliphatic heterocycles. The highest BCUT2D eigenvalue weighted by molar-refractivity contribution is 9.10. The van der Waals surface area contributed by atoms with Gasteiger partial charge >= 0.3 is 10.3 Å². The van der Waals surface area contributed by atoms with Crippen LogP contribution in [0.25, 0.3) is 11.0 Å². The second-order valence-electron chi connectivity index (χ2n) is 8.63. The average molecular weight is 538 g/mol. The van der Waals surface area contributed by atoms with E-state index in [9.17, 15) is 13.5 Å². The summed E-state index contributed by atoms with van der Waals surface area (Å²) in [5, 5.41) is 19.7. The summed E-state index contributed by atoms with van der Waals surface area (Å²) in [5.41, 5.74) is 2.05. The lowest BCUT2D eigenvalue weighted by molar-refractivity contribution is 0.100. The summed E-state index contributed by atoms with van der Waals surface area (Å²) < 4.78 is 30.0. The quantitative estimate of drug-likeness (QED) is 0.381. The maximum atomic E-state index is 11.1. The van der Waals surface area contributed by atoms with Crippen molar-refractivity contribution in [3.8, 4) is 0 Å². The maximum Gasteiger partial charge on any atom is 0.333 e. The van der Waals surface area contributed by atoms with Gasteiger partial charge in [-0.25, -0.2) is 15.1 Å². The summed E-state index contributed by atoms with van der Waals surface area (Å²) in [6.45, 7) is 2.00. The Morgan fingerprint density at radius 2 is 2.15 bits per heavy atom. The van der Waals surface area contributed by atoms with Crippen LogP contribution >= 0.6 is 15.9 Å². The van der Waals surface area contributed by atoms with Gasteiger partial charge < -0.3 is 15.0 Å². The van der Waals surface area contributed by atoms with Crippen molar-refractivity contribution < 1.29 is 17.7 Å². The zero-order chi connectivity index (χ0) is 23.6. The number of halogens is 1. The van der Waals surface area contributed by atoms with Gasteiger partial charge in [-0.2, -0.15) is 8.42 Å². The van der Waals surface area contributed by atoms with Crippen molar-refractivity contribution in [2.75, 3.05) is 11.9 Å². The van der Waals surface area contributed by atoms with E-state index in [-0.39, 0.29) is 24.6 Å². The number of nitrogens with two attached hydrogens (primary N) is 1. The first-order chi connectivity index (χ1) is 15.7. The van der Waals surface area contributed by atoms with Gasteiger partial charge in [-0.05, 0) is 56.4 Å². The van der Waals surface area contributed by atoms with Crippen molar-refractivity contribution in [2.24, 2.45) is 11.1 Å². The number of aliphatic hydroxyl groups excluding tert-OH is 1. The van der Waals surface area contributed by atoms with Gasteiger partial charge in [0.25, 0.3) is 0 Å². The monoisotopic (exact) mass is 537 g/mol. The Labute approximate surface area is 201 Å². The van der Waals surface area contributed by atoms with E-state index in [0.717, 1.165) is 34.2 Å². The minimum atomic E-state index is -4.03. The van der Waals surface area contributed by atoms with Gasteiger partial charge in [0.05, 0.1) is 18.1 Å². The Bertz CT molecular complexity index is 1220. The predicted octanol–water partition coefficient (Wildman–Crippen LogP) is 3.16. The molecule has 1 saturated carbocycles. The van der Waals surface area contributed by atoms with E-state index in [2.05, 4.69) is 50.3 Å². The van der Waals surface area contributed by atoms with Gasteiger partial charge in [0.2, 0.25) is 0 Å². The molecule has 4 N–H and O–H groups in total. The third-order valence-corrected chi connectivity index (χ3v) is 7.08. The molecule has 1 aliphatic carbocycles. The van der Waals surface area contributed by atoms with Crippen LogP contribution in [0.1, 0.15) is 37.8 Å². The third kappa shape index (κ3) is 6.10. The average Bonchev–Trinajstić information content (AvgIpc) is 3.34. The summed E-state index contributed by atoms with van der Waals surface area (Å²) in [4.78, 5) is 8.92. The van der Waals surface area contributed by atoms with Crippen molar-refractivity contribution in [3.63, 3.8) is 0 Å². The molecule has 1 aromatic carbocycles. The van der Waals surface area contributed by atoms with Crippen molar-refractivity contribution >= 4 is 43.1 Å². The molecule has 0 bridgehead atoms. The van der Waals surface area contributed by atoms with Crippen molar-refractivity contribution in [1.82, 2.24) is 14.5 Å². The maximum absolute atomic E-state index is 11.1. The predicted molar refractivity (Wildman–Crippen MR) is 130 cm³/mol. The molecule has 0 unspecified atom stereocenters. The Morgan fingerprint density at radius 3 is 2.91 bits per heavy atom. The molecule has 3 aromatic rings. The van der Waals surface area contributed by atoms with Gasteiger partial charge in [0.15, 0.2) is 0 Å². The number of benzene rings is 1. The normalized spacial score (nSPS) is 22.0. The number of aryl methyl sites for hydroxylation is 1. The minimum Gasteiger partial charge on any atom is -0.393 e. The number of rotatable bonds is 9. The lowest BCUT2D eigenvalue weighted by Gasteiger charge is -2.16. The molecule has 0 radical (unpaired) electrons. The Kier molecular flexibility index (Phi) is 7.34. The molecule has 0 amide bonds. The van der Waals surface area contributed by atoms with E-state index < -0.39 is 16.4 Å². The summed E-state index contributed by atoms with van der Waals surface area (Å²) in [6.07, 6.45) is 5.75. The number of nitrogens with one attached hydrogen (secondary N) is 1. The topological polar surface area (TPSA) is 132 Å². The molecule has 1 fully saturated rings. The van der Waals surface area contributed by atoms with E-state index in [1.54, 1.807) is 0 Å². The van der Waals surface area contributed by atoms with E-state index in [1.807, 2.05) is 29.0 Å². The smallest absolute Gasteiger partial charge is 0.333 e. The van der Waals surface area contributed by atoms with Crippen molar-refractivity contribution in [2.45, 2.75) is 50.8 Å². The number of anilines is 1. The highest BCUT2D eigenvalue weighted by atomic mass is 79.9. The van der Waals surface area contributed by atoms with Gasteiger partial charge in [-0.15, -0.1) is 0 Å². The molecule has 33 heavy (non-hydrogen) atoms. The van der Waals surface area contributed by atoms with Crippen LogP contribution in [0.2, 0.25) is 0 Å². The van der Waals surface area contributed by atoms with Crippen LogP contribution < -0.4 is 10.5 Å². The van der Waals surface area contributed by atoms with Gasteiger partial charge in [-0.3, -0.25) is 4.18 Å². The lowest BCUT2D eigenvalue weighted by atomic mass is 10.1. The molecule has 0 spiro atoms. The van der Waals surface area contributed by atoms with E-state index in [4.69, 9.17) is 9.32 Å². The Balaban J connectivity index is 1.43.